The molecule has 1 amide bonds. The molecule has 6 heteroatoms. The van der Waals surface area contributed by atoms with Gasteiger partial charge in [0.05, 0.1) is 12.3 Å². The second kappa shape index (κ2) is 9.90. The van der Waals surface area contributed by atoms with Crippen LogP contribution in [0.5, 0.6) is 0 Å². The third kappa shape index (κ3) is 5.67. The number of nitrogens with zero attached hydrogens (tertiary/aromatic N) is 1. The van der Waals surface area contributed by atoms with Crippen molar-refractivity contribution in [2.45, 2.75) is 53.0 Å². The first-order chi connectivity index (χ1) is 13.0. The average molecular weight is 372 g/mol. The van der Waals surface area contributed by atoms with Gasteiger partial charge in [-0.05, 0) is 19.8 Å². The number of carbonyl (C=O) groups excluding carboxylic acids is 2. The van der Waals surface area contributed by atoms with E-state index in [1.54, 1.807) is 6.92 Å². The Hall–Kier alpha value is -2.63. The van der Waals surface area contributed by atoms with Gasteiger partial charge in [-0.25, -0.2) is 9.78 Å². The van der Waals surface area contributed by atoms with Crippen LogP contribution >= 0.6 is 0 Å². The number of aromatic nitrogens is 1. The van der Waals surface area contributed by atoms with Crippen LogP contribution in [0.4, 0.5) is 0 Å². The Morgan fingerprint density at radius 1 is 1.22 bits per heavy atom. The van der Waals surface area contributed by atoms with E-state index in [4.69, 9.17) is 9.15 Å². The third-order valence-electron chi connectivity index (χ3n) is 4.51. The Morgan fingerprint density at radius 2 is 1.93 bits per heavy atom. The lowest BCUT2D eigenvalue weighted by molar-refractivity contribution is -0.149. The van der Waals surface area contributed by atoms with E-state index in [0.717, 1.165) is 23.4 Å². The standard InChI is InChI=1S/C21H28N2O4/c1-5-14(3)19(21(25)26-6-2)23-17(24)12-13-18-22-15(4)20(27-18)16-10-8-7-9-11-16/h7-11,14,19H,5-6,12-13H2,1-4H3,(H,23,24). The van der Waals surface area contributed by atoms with E-state index >= 15 is 0 Å². The number of carbonyl (C=O) groups is 2. The number of aryl methyl sites for hydroxylation is 2. The molecule has 0 bridgehead atoms. The maximum absolute atomic E-state index is 12.3. The molecule has 0 aliphatic rings. The van der Waals surface area contributed by atoms with E-state index in [9.17, 15) is 9.59 Å². The number of hydrogen-bond donors (Lipinski definition) is 1. The first-order valence-corrected chi connectivity index (χ1v) is 9.43. The highest BCUT2D eigenvalue weighted by molar-refractivity contribution is 5.84. The number of rotatable bonds is 9. The van der Waals surface area contributed by atoms with Gasteiger partial charge in [-0.15, -0.1) is 0 Å². The summed E-state index contributed by atoms with van der Waals surface area (Å²) in [6.45, 7) is 7.83. The molecule has 2 rings (SSSR count). The fourth-order valence-corrected chi connectivity index (χ4v) is 2.78. The lowest BCUT2D eigenvalue weighted by Crippen LogP contribution is -2.46. The topological polar surface area (TPSA) is 81.4 Å². The zero-order valence-electron chi connectivity index (χ0n) is 16.5. The fraction of sp³-hybridized carbons (Fsp3) is 0.476. The van der Waals surface area contributed by atoms with Crippen molar-refractivity contribution in [3.63, 3.8) is 0 Å². The molecule has 2 atom stereocenters. The number of oxazole rings is 1. The van der Waals surface area contributed by atoms with Gasteiger partial charge in [-0.1, -0.05) is 50.6 Å². The number of amides is 1. The molecule has 6 nitrogen and oxygen atoms in total. The highest BCUT2D eigenvalue weighted by atomic mass is 16.5. The lowest BCUT2D eigenvalue weighted by atomic mass is 9.99. The van der Waals surface area contributed by atoms with Crippen LogP contribution in [0.15, 0.2) is 34.7 Å². The van der Waals surface area contributed by atoms with Gasteiger partial charge in [-0.2, -0.15) is 0 Å². The smallest absolute Gasteiger partial charge is 0.328 e. The molecule has 0 fully saturated rings. The summed E-state index contributed by atoms with van der Waals surface area (Å²) in [7, 11) is 0. The summed E-state index contributed by atoms with van der Waals surface area (Å²) in [5, 5.41) is 2.79. The highest BCUT2D eigenvalue weighted by Gasteiger charge is 2.27. The van der Waals surface area contributed by atoms with Crippen molar-refractivity contribution < 1.29 is 18.7 Å². The van der Waals surface area contributed by atoms with Crippen LogP contribution < -0.4 is 5.32 Å². The van der Waals surface area contributed by atoms with E-state index in [1.165, 1.54) is 0 Å². The summed E-state index contributed by atoms with van der Waals surface area (Å²) < 4.78 is 10.9. The molecule has 2 aromatic rings. The maximum atomic E-state index is 12.3. The number of esters is 1. The van der Waals surface area contributed by atoms with Gasteiger partial charge < -0.3 is 14.5 Å². The summed E-state index contributed by atoms with van der Waals surface area (Å²) in [5.74, 6) is 0.624. The Bertz CT molecular complexity index is 755. The fourth-order valence-electron chi connectivity index (χ4n) is 2.78. The molecule has 1 N–H and O–H groups in total. The summed E-state index contributed by atoms with van der Waals surface area (Å²) in [6, 6.07) is 9.11. The van der Waals surface area contributed by atoms with Gasteiger partial charge in [0.25, 0.3) is 0 Å². The lowest BCUT2D eigenvalue weighted by Gasteiger charge is -2.22. The number of ether oxygens (including phenoxy) is 1. The van der Waals surface area contributed by atoms with Crippen molar-refractivity contribution in [1.82, 2.24) is 10.3 Å². The van der Waals surface area contributed by atoms with Crippen molar-refractivity contribution in [3.05, 3.63) is 41.9 Å². The monoisotopic (exact) mass is 372 g/mol. The Kier molecular flexibility index (Phi) is 7.58. The molecule has 1 aromatic heterocycles. The van der Waals surface area contributed by atoms with Crippen LogP contribution in [0.25, 0.3) is 11.3 Å². The summed E-state index contributed by atoms with van der Waals surface area (Å²) >= 11 is 0. The Balaban J connectivity index is 1.97. The average Bonchev–Trinajstić information content (AvgIpc) is 3.05. The van der Waals surface area contributed by atoms with Crippen LogP contribution in [0.3, 0.4) is 0 Å². The van der Waals surface area contributed by atoms with Crippen molar-refractivity contribution in [2.24, 2.45) is 5.92 Å². The molecule has 1 aromatic carbocycles. The molecular formula is C21H28N2O4. The number of nitrogens with one attached hydrogen (secondary N) is 1. The summed E-state index contributed by atoms with van der Waals surface area (Å²) in [4.78, 5) is 28.8. The van der Waals surface area contributed by atoms with Crippen molar-refractivity contribution in [2.75, 3.05) is 6.61 Å². The van der Waals surface area contributed by atoms with Gasteiger partial charge in [-0.3, -0.25) is 4.79 Å². The first-order valence-electron chi connectivity index (χ1n) is 9.43. The molecule has 27 heavy (non-hydrogen) atoms. The molecule has 1 heterocycles. The molecule has 0 aliphatic heterocycles. The largest absolute Gasteiger partial charge is 0.464 e. The minimum Gasteiger partial charge on any atom is -0.464 e. The normalized spacial score (nSPS) is 13.0. The van der Waals surface area contributed by atoms with Crippen molar-refractivity contribution in [3.8, 4) is 11.3 Å². The molecule has 0 saturated heterocycles. The molecule has 0 radical (unpaired) electrons. The SMILES string of the molecule is CCOC(=O)C(NC(=O)CCc1nc(C)c(-c2ccccc2)o1)C(C)CC. The zero-order chi connectivity index (χ0) is 19.8. The zero-order valence-corrected chi connectivity index (χ0v) is 16.5. The molecule has 0 spiro atoms. The van der Waals surface area contributed by atoms with Gasteiger partial charge in [0.1, 0.15) is 6.04 Å². The Morgan fingerprint density at radius 3 is 2.56 bits per heavy atom. The number of hydrogen-bond acceptors (Lipinski definition) is 5. The predicted octanol–water partition coefficient (Wildman–Crippen LogP) is 3.68. The van der Waals surface area contributed by atoms with E-state index in [-0.39, 0.29) is 18.2 Å². The second-order valence-corrected chi connectivity index (χ2v) is 6.57. The van der Waals surface area contributed by atoms with E-state index < -0.39 is 12.0 Å². The highest BCUT2D eigenvalue weighted by Crippen LogP contribution is 2.24. The van der Waals surface area contributed by atoms with Crippen LogP contribution in [0.1, 0.15) is 45.2 Å². The van der Waals surface area contributed by atoms with Crippen LogP contribution in [-0.4, -0.2) is 29.5 Å². The van der Waals surface area contributed by atoms with Gasteiger partial charge in [0.2, 0.25) is 5.91 Å². The Labute approximate surface area is 160 Å². The van der Waals surface area contributed by atoms with E-state index in [0.29, 0.717) is 18.9 Å². The molecule has 0 saturated carbocycles. The summed E-state index contributed by atoms with van der Waals surface area (Å²) in [6.07, 6.45) is 1.33. The van der Waals surface area contributed by atoms with E-state index in [2.05, 4.69) is 10.3 Å². The molecule has 146 valence electrons. The number of benzene rings is 1. The third-order valence-corrected chi connectivity index (χ3v) is 4.51. The molecule has 2 unspecified atom stereocenters. The van der Waals surface area contributed by atoms with Crippen molar-refractivity contribution >= 4 is 11.9 Å². The second-order valence-electron chi connectivity index (χ2n) is 6.57. The maximum Gasteiger partial charge on any atom is 0.328 e. The van der Waals surface area contributed by atoms with Crippen LogP contribution in [0.2, 0.25) is 0 Å². The van der Waals surface area contributed by atoms with Gasteiger partial charge in [0.15, 0.2) is 11.7 Å². The van der Waals surface area contributed by atoms with Gasteiger partial charge >= 0.3 is 5.97 Å². The molecule has 0 aliphatic carbocycles. The first kappa shape index (κ1) is 20.7. The van der Waals surface area contributed by atoms with Gasteiger partial charge in [0, 0.05) is 18.4 Å². The van der Waals surface area contributed by atoms with Crippen molar-refractivity contribution in [1.29, 1.82) is 0 Å². The van der Waals surface area contributed by atoms with E-state index in [1.807, 2.05) is 51.1 Å². The minimum absolute atomic E-state index is 0.00154. The molecular weight excluding hydrogens is 344 g/mol. The summed E-state index contributed by atoms with van der Waals surface area (Å²) in [5.41, 5.74) is 1.75. The predicted molar refractivity (Wildman–Crippen MR) is 103 cm³/mol. The quantitative estimate of drug-likeness (QED) is 0.679. The van der Waals surface area contributed by atoms with Crippen LogP contribution in [-0.2, 0) is 20.7 Å². The van der Waals surface area contributed by atoms with Crippen LogP contribution in [0, 0.1) is 12.8 Å². The minimum atomic E-state index is -0.631.